The molecule has 0 bridgehead atoms. The highest BCUT2D eigenvalue weighted by atomic mass is 32.2. The van der Waals surface area contributed by atoms with Crippen molar-refractivity contribution in [1.29, 1.82) is 0 Å². The lowest BCUT2D eigenvalue weighted by Crippen LogP contribution is -2.44. The van der Waals surface area contributed by atoms with Crippen LogP contribution in [0.3, 0.4) is 0 Å². The number of benzene rings is 1. The highest BCUT2D eigenvalue weighted by Crippen LogP contribution is 2.29. The third-order valence-corrected chi connectivity index (χ3v) is 6.24. The Hall–Kier alpha value is -1.80. The van der Waals surface area contributed by atoms with Gasteiger partial charge in [0.25, 0.3) is 0 Å². The van der Waals surface area contributed by atoms with Crippen LogP contribution in [0.5, 0.6) is 0 Å². The first-order chi connectivity index (χ1) is 11.7. The topological polar surface area (TPSA) is 72.9 Å². The Morgan fingerprint density at radius 2 is 1.84 bits per heavy atom. The van der Waals surface area contributed by atoms with E-state index in [1.807, 2.05) is 38.1 Å². The molecule has 0 N–H and O–H groups in total. The Kier molecular flexibility index (Phi) is 4.68. The van der Waals surface area contributed by atoms with E-state index >= 15 is 0 Å². The van der Waals surface area contributed by atoms with Gasteiger partial charge in [-0.2, -0.15) is 0 Å². The van der Waals surface area contributed by atoms with Crippen LogP contribution in [0.2, 0.25) is 0 Å². The van der Waals surface area contributed by atoms with Gasteiger partial charge in [0.15, 0.2) is 9.84 Å². The summed E-state index contributed by atoms with van der Waals surface area (Å²) in [6.07, 6.45) is 0.255. The molecule has 3 rings (SSSR count). The molecule has 25 heavy (non-hydrogen) atoms. The largest absolute Gasteiger partial charge is 0.563 e. The Labute approximate surface area is 148 Å². The van der Waals surface area contributed by atoms with Crippen molar-refractivity contribution in [3.05, 3.63) is 42.2 Å². The fraction of sp³-hybridized carbons (Fsp3) is 0.471. The molecule has 1 aromatic carbocycles. The molecule has 134 valence electrons. The molecule has 0 aromatic heterocycles. The van der Waals surface area contributed by atoms with Crippen molar-refractivity contribution >= 4 is 28.3 Å². The smallest absolute Gasteiger partial charge is 0.534 e. The van der Waals surface area contributed by atoms with Crippen LogP contribution >= 0.6 is 0 Å². The number of hydrogen-bond donors (Lipinski definition) is 0. The van der Waals surface area contributed by atoms with E-state index in [4.69, 9.17) is 9.31 Å². The van der Waals surface area contributed by atoms with E-state index in [9.17, 15) is 13.2 Å². The molecule has 0 aliphatic carbocycles. The van der Waals surface area contributed by atoms with E-state index in [0.717, 1.165) is 11.0 Å². The number of carbonyl (C=O) groups excluding carboxylic acids is 1. The molecule has 0 spiro atoms. The van der Waals surface area contributed by atoms with Gasteiger partial charge in [-0.1, -0.05) is 30.8 Å². The van der Waals surface area contributed by atoms with Gasteiger partial charge in [0.05, 0.1) is 23.7 Å². The molecule has 0 saturated carbocycles. The number of hydrogen-bond acceptors (Lipinski definition) is 5. The molecule has 2 aliphatic rings. The first-order valence-corrected chi connectivity index (χ1v) is 10.1. The van der Waals surface area contributed by atoms with Crippen LogP contribution in [-0.4, -0.2) is 56.5 Å². The molecule has 8 heteroatoms. The predicted molar refractivity (Wildman–Crippen MR) is 96.2 cm³/mol. The molecule has 2 fully saturated rings. The standard InChI is InChI=1S/C17H22BNO5S/c1-13-17(2,3)24-18(23-13)15-6-4-14(5-7-15)12-16(20)19-8-10-25(21,22)11-9-19/h4-7H,1,8-12H2,2-3H3. The molecule has 0 atom stereocenters. The van der Waals surface area contributed by atoms with Crippen LogP contribution in [0.4, 0.5) is 0 Å². The first kappa shape index (κ1) is 18.0. The van der Waals surface area contributed by atoms with Gasteiger partial charge >= 0.3 is 7.12 Å². The fourth-order valence-electron chi connectivity index (χ4n) is 2.81. The summed E-state index contributed by atoms with van der Waals surface area (Å²) in [6.45, 7) is 8.23. The van der Waals surface area contributed by atoms with Gasteiger partial charge in [0, 0.05) is 13.1 Å². The van der Waals surface area contributed by atoms with Gasteiger partial charge in [-0.25, -0.2) is 8.42 Å². The Balaban J connectivity index is 1.60. The fourth-order valence-corrected chi connectivity index (χ4v) is 4.01. The molecule has 2 saturated heterocycles. The van der Waals surface area contributed by atoms with E-state index < -0.39 is 22.6 Å². The minimum absolute atomic E-state index is 0.0493. The Morgan fingerprint density at radius 3 is 2.36 bits per heavy atom. The van der Waals surface area contributed by atoms with E-state index in [0.29, 0.717) is 5.76 Å². The van der Waals surface area contributed by atoms with Crippen molar-refractivity contribution in [1.82, 2.24) is 4.90 Å². The zero-order valence-electron chi connectivity index (χ0n) is 14.5. The summed E-state index contributed by atoms with van der Waals surface area (Å²) >= 11 is 0. The van der Waals surface area contributed by atoms with Gasteiger partial charge in [0.2, 0.25) is 5.91 Å². The molecule has 2 heterocycles. The van der Waals surface area contributed by atoms with Crippen LogP contribution in [0, 0.1) is 0 Å². The van der Waals surface area contributed by atoms with Gasteiger partial charge in [-0.15, -0.1) is 0 Å². The normalized spacial score (nSPS) is 21.9. The lowest BCUT2D eigenvalue weighted by Gasteiger charge is -2.26. The molecule has 1 amide bonds. The molecule has 6 nitrogen and oxygen atoms in total. The SMILES string of the molecule is C=C1OB(c2ccc(CC(=O)N3CCS(=O)(=O)CC3)cc2)OC1(C)C. The van der Waals surface area contributed by atoms with E-state index in [1.54, 1.807) is 4.90 Å². The maximum absolute atomic E-state index is 12.3. The summed E-state index contributed by atoms with van der Waals surface area (Å²) in [7, 11) is -3.47. The average Bonchev–Trinajstić information content (AvgIpc) is 2.81. The predicted octanol–water partition coefficient (Wildman–Crippen LogP) is 0.520. The molecular formula is C17H22BNO5S. The molecular weight excluding hydrogens is 341 g/mol. The minimum Gasteiger partial charge on any atom is -0.534 e. The highest BCUT2D eigenvalue weighted by molar-refractivity contribution is 7.91. The molecule has 1 aromatic rings. The monoisotopic (exact) mass is 363 g/mol. The van der Waals surface area contributed by atoms with Crippen molar-refractivity contribution in [2.24, 2.45) is 0 Å². The lowest BCUT2D eigenvalue weighted by molar-refractivity contribution is -0.130. The second-order valence-corrected chi connectivity index (χ2v) is 9.26. The van der Waals surface area contributed by atoms with E-state index in [2.05, 4.69) is 6.58 Å². The third kappa shape index (κ3) is 4.07. The van der Waals surface area contributed by atoms with Crippen molar-refractivity contribution in [2.75, 3.05) is 24.6 Å². The number of sulfone groups is 1. The van der Waals surface area contributed by atoms with Crippen LogP contribution in [-0.2, 0) is 30.4 Å². The van der Waals surface area contributed by atoms with Crippen LogP contribution < -0.4 is 5.46 Å². The highest BCUT2D eigenvalue weighted by Gasteiger charge is 2.42. The molecule has 2 aliphatic heterocycles. The van der Waals surface area contributed by atoms with Crippen molar-refractivity contribution < 1.29 is 22.5 Å². The van der Waals surface area contributed by atoms with Gasteiger partial charge < -0.3 is 14.2 Å². The maximum atomic E-state index is 12.3. The average molecular weight is 363 g/mol. The second kappa shape index (κ2) is 6.50. The van der Waals surface area contributed by atoms with Crippen molar-refractivity contribution in [2.45, 2.75) is 25.9 Å². The zero-order valence-corrected chi connectivity index (χ0v) is 15.3. The number of nitrogens with zero attached hydrogens (tertiary/aromatic N) is 1. The van der Waals surface area contributed by atoms with Crippen LogP contribution in [0.25, 0.3) is 0 Å². The number of carbonyl (C=O) groups is 1. The van der Waals surface area contributed by atoms with Crippen LogP contribution in [0.15, 0.2) is 36.6 Å². The summed E-state index contributed by atoms with van der Waals surface area (Å²) in [6, 6.07) is 7.49. The Bertz CT molecular complexity index is 774. The number of rotatable bonds is 3. The first-order valence-electron chi connectivity index (χ1n) is 8.27. The minimum atomic E-state index is -2.98. The van der Waals surface area contributed by atoms with Crippen molar-refractivity contribution in [3.8, 4) is 0 Å². The summed E-state index contributed by atoms with van der Waals surface area (Å²) in [5.74, 6) is 0.642. The lowest BCUT2D eigenvalue weighted by atomic mass is 9.79. The maximum Gasteiger partial charge on any atom is 0.563 e. The van der Waals surface area contributed by atoms with E-state index in [-0.39, 0.29) is 36.9 Å². The van der Waals surface area contributed by atoms with E-state index in [1.165, 1.54) is 0 Å². The Morgan fingerprint density at radius 1 is 1.24 bits per heavy atom. The van der Waals surface area contributed by atoms with Gasteiger partial charge in [-0.3, -0.25) is 4.79 Å². The quantitative estimate of drug-likeness (QED) is 0.733. The van der Waals surface area contributed by atoms with Crippen molar-refractivity contribution in [3.63, 3.8) is 0 Å². The second-order valence-electron chi connectivity index (χ2n) is 6.95. The number of amides is 1. The van der Waals surface area contributed by atoms with Gasteiger partial charge in [0.1, 0.15) is 5.60 Å². The van der Waals surface area contributed by atoms with Gasteiger partial charge in [-0.05, 0) is 24.9 Å². The summed E-state index contributed by atoms with van der Waals surface area (Å²) in [5, 5.41) is 0. The third-order valence-electron chi connectivity index (χ3n) is 4.63. The summed E-state index contributed by atoms with van der Waals surface area (Å²) in [5.41, 5.74) is 1.22. The zero-order chi connectivity index (χ0) is 18.2. The summed E-state index contributed by atoms with van der Waals surface area (Å²) < 4.78 is 34.4. The van der Waals surface area contributed by atoms with Crippen LogP contribution in [0.1, 0.15) is 19.4 Å². The summed E-state index contributed by atoms with van der Waals surface area (Å²) in [4.78, 5) is 13.9. The molecule has 0 unspecified atom stereocenters. The molecule has 0 radical (unpaired) electrons.